The first-order chi connectivity index (χ1) is 41.2. The number of fused-ring (bicyclic) bond motifs is 1. The number of carbonyl (C=O) groups excluding carboxylic acids is 12. The third-order valence-electron chi connectivity index (χ3n) is 15.6. The number of hydrogen-bond acceptors (Lipinski definition) is 14. The first kappa shape index (κ1) is 73.8. The average molecular weight is 1220 g/mol. The van der Waals surface area contributed by atoms with Gasteiger partial charge in [0.2, 0.25) is 65.0 Å². The Morgan fingerprint density at radius 3 is 1.71 bits per heavy atom. The van der Waals surface area contributed by atoms with Crippen molar-refractivity contribution in [2.24, 2.45) is 29.4 Å². The zero-order chi connectivity index (χ0) is 65.1. The second kappa shape index (κ2) is 37.3. The van der Waals surface area contributed by atoms with E-state index in [-0.39, 0.29) is 68.9 Å². The predicted molar refractivity (Wildman–Crippen MR) is 323 cm³/mol. The Kier molecular flexibility index (Phi) is 31.6. The van der Waals surface area contributed by atoms with E-state index in [1.165, 1.54) is 13.0 Å². The summed E-state index contributed by atoms with van der Waals surface area (Å²) in [5, 5.41) is 47.9. The number of nitrogens with one attached hydrogen (secondary N) is 10. The van der Waals surface area contributed by atoms with Crippen molar-refractivity contribution >= 4 is 70.9 Å². The van der Waals surface area contributed by atoms with E-state index in [0.29, 0.717) is 31.2 Å². The Labute approximate surface area is 511 Å². The summed E-state index contributed by atoms with van der Waals surface area (Å²) in [6, 6.07) is -3.05. The maximum Gasteiger partial charge on any atom is 0.270 e. The summed E-state index contributed by atoms with van der Waals surface area (Å²) >= 11 is 0. The predicted octanol–water partition coefficient (Wildman–Crippen LogP) is 0.0218. The zero-order valence-electron chi connectivity index (χ0n) is 52.4. The first-order valence-corrected chi connectivity index (χ1v) is 30.7. The molecule has 26 nitrogen and oxygen atoms in total. The van der Waals surface area contributed by atoms with Crippen LogP contribution in [0.4, 0.5) is 0 Å². The van der Waals surface area contributed by atoms with Crippen LogP contribution in [-0.4, -0.2) is 166 Å². The average Bonchev–Trinajstić information content (AvgIpc) is 2.38. The van der Waals surface area contributed by atoms with Crippen LogP contribution < -0.4 is 58.9 Å². The molecular formula is C61H98N12O14. The van der Waals surface area contributed by atoms with Crippen LogP contribution in [0.25, 0.3) is 0 Å². The fourth-order valence-corrected chi connectivity index (χ4v) is 10.2. The van der Waals surface area contributed by atoms with E-state index in [1.54, 1.807) is 44.2 Å². The zero-order valence-corrected chi connectivity index (χ0v) is 52.4. The number of primary amides is 1. The van der Waals surface area contributed by atoms with E-state index in [9.17, 15) is 67.7 Å². The van der Waals surface area contributed by atoms with E-state index < -0.39 is 163 Å². The minimum absolute atomic E-state index is 0.0630. The Hall–Kier alpha value is -7.48. The minimum Gasteiger partial charge on any atom is -0.396 e. The third-order valence-corrected chi connectivity index (χ3v) is 15.6. The number of rotatable bonds is 19. The second-order valence-electron chi connectivity index (χ2n) is 23.8. The quantitative estimate of drug-likeness (QED) is 0.0642. The number of hydrogen-bond donors (Lipinski definition) is 13. The summed E-state index contributed by atoms with van der Waals surface area (Å²) in [4.78, 5) is 169. The van der Waals surface area contributed by atoms with Gasteiger partial charge >= 0.3 is 0 Å². The number of unbranched alkanes of at least 4 members (excludes halogenated alkanes) is 2. The molecule has 2 heterocycles. The number of nitrogens with zero attached hydrogens (tertiary/aromatic N) is 1. The molecule has 0 spiro atoms. The molecule has 2 aliphatic rings. The summed E-state index contributed by atoms with van der Waals surface area (Å²) in [7, 11) is 0. The van der Waals surface area contributed by atoms with Crippen molar-refractivity contribution in [1.29, 1.82) is 0 Å². The van der Waals surface area contributed by atoms with Gasteiger partial charge in [-0.3, -0.25) is 57.5 Å². The summed E-state index contributed by atoms with van der Waals surface area (Å²) in [6.45, 7) is 16.1. The van der Waals surface area contributed by atoms with Crippen molar-refractivity contribution in [3.63, 3.8) is 0 Å². The molecule has 0 aliphatic carbocycles. The van der Waals surface area contributed by atoms with Crippen molar-refractivity contribution in [2.45, 2.75) is 220 Å². The molecule has 0 saturated carbocycles. The number of aliphatic hydroxyl groups excluding tert-OH is 2. The SMILES string of the molecule is CC=C1NC(=O)C(CCC(N)=O)NC(=O)CC(CCCCC)NC(=O)CNC(=O)C(CC(C)C)NC(=O)C(C(C)CC)NC(=O)C(C(C)CC)NC(=O)C(CC(C)C)NC(=O)C(Cc2ccccc2)NC(=O)C(CCO)NC(=O)C2CC(O)CN2C1=O. The normalized spacial score (nSPS) is 26.6. The van der Waals surface area contributed by atoms with Gasteiger partial charge in [0.25, 0.3) is 5.91 Å². The fourth-order valence-electron chi connectivity index (χ4n) is 10.2. The van der Waals surface area contributed by atoms with Crippen LogP contribution >= 0.6 is 0 Å². The van der Waals surface area contributed by atoms with Gasteiger partial charge in [-0.05, 0) is 68.3 Å². The first-order valence-electron chi connectivity index (χ1n) is 30.7. The van der Waals surface area contributed by atoms with Gasteiger partial charge in [0.15, 0.2) is 0 Å². The smallest absolute Gasteiger partial charge is 0.270 e. The Balaban J connectivity index is 2.20. The maximum absolute atomic E-state index is 14.6. The summed E-state index contributed by atoms with van der Waals surface area (Å²) < 4.78 is 0. The highest BCUT2D eigenvalue weighted by Crippen LogP contribution is 2.22. The molecule has 0 aromatic heterocycles. The molecular weight excluding hydrogens is 1120 g/mol. The molecule has 1 aromatic carbocycles. The van der Waals surface area contributed by atoms with Crippen LogP contribution in [-0.2, 0) is 64.0 Å². The number of aliphatic hydroxyl groups is 2. The number of amides is 12. The highest BCUT2D eigenvalue weighted by atomic mass is 16.3. The molecule has 2 saturated heterocycles. The molecule has 0 radical (unpaired) electrons. The summed E-state index contributed by atoms with van der Waals surface area (Å²) in [6.07, 6.45) is 1.45. The maximum atomic E-state index is 14.6. The molecule has 3 rings (SSSR count). The van der Waals surface area contributed by atoms with Gasteiger partial charge < -0.3 is 74.0 Å². The van der Waals surface area contributed by atoms with Crippen LogP contribution in [0.2, 0.25) is 0 Å². The molecule has 12 amide bonds. The highest BCUT2D eigenvalue weighted by Gasteiger charge is 2.43. The number of allylic oxidation sites excluding steroid dienone is 1. The van der Waals surface area contributed by atoms with Crippen LogP contribution in [0.1, 0.15) is 158 Å². The lowest BCUT2D eigenvalue weighted by Crippen LogP contribution is -2.62. The van der Waals surface area contributed by atoms with E-state index in [1.807, 2.05) is 48.5 Å². The van der Waals surface area contributed by atoms with E-state index in [4.69, 9.17) is 5.73 Å². The lowest BCUT2D eigenvalue weighted by atomic mass is 9.93. The molecule has 2 aliphatic heterocycles. The van der Waals surface area contributed by atoms with Gasteiger partial charge in [-0.2, -0.15) is 0 Å². The molecule has 87 heavy (non-hydrogen) atoms. The van der Waals surface area contributed by atoms with Gasteiger partial charge in [-0.25, -0.2) is 0 Å². The van der Waals surface area contributed by atoms with Gasteiger partial charge in [-0.15, -0.1) is 0 Å². The van der Waals surface area contributed by atoms with Crippen LogP contribution in [0.15, 0.2) is 42.1 Å². The third kappa shape index (κ3) is 24.7. The number of benzene rings is 1. The lowest BCUT2D eigenvalue weighted by molar-refractivity contribution is -0.139. The van der Waals surface area contributed by atoms with E-state index in [2.05, 4.69) is 53.2 Å². The van der Waals surface area contributed by atoms with Crippen molar-refractivity contribution in [3.8, 4) is 0 Å². The van der Waals surface area contributed by atoms with Gasteiger partial charge in [0.05, 0.1) is 12.6 Å². The molecule has 2 fully saturated rings. The fraction of sp³-hybridized carbons (Fsp3) is 0.672. The van der Waals surface area contributed by atoms with Crippen LogP contribution in [0, 0.1) is 23.7 Å². The molecule has 1 aromatic rings. The molecule has 0 bridgehead atoms. The Morgan fingerprint density at radius 2 is 1.15 bits per heavy atom. The van der Waals surface area contributed by atoms with Gasteiger partial charge in [-0.1, -0.05) is 131 Å². The summed E-state index contributed by atoms with van der Waals surface area (Å²) in [5.41, 5.74) is 5.66. The van der Waals surface area contributed by atoms with Crippen LogP contribution in [0.3, 0.4) is 0 Å². The van der Waals surface area contributed by atoms with Gasteiger partial charge in [0.1, 0.15) is 54.0 Å². The standard InChI is InChI=1S/C61H98N12O14/c1-11-15-17-22-39-30-49(77)65-42(23-24-48(62)76)54(80)66-41(14-4)61(87)73-33-40(75)31-47(73)58(84)67-43(25-26-74)55(81)69-46(29-38-20-18-16-19-21-38)56(82)68-45(28-35(7)8)57(83)71-52(37(10)13-3)60(86)72-51(36(9)12-2)59(85)70-44(27-34(5)6)53(79)63-32-50(78)64-39/h14,16,18-21,34-37,39-40,42-47,51-52,74-75H,11-13,15,17,22-33H2,1-10H3,(H2,62,76)(H,63,79)(H,64,78)(H,65,77)(H,66,80)(H,67,84)(H,68,82)(H,69,81)(H,70,85)(H,71,83)(H,72,86). The molecule has 26 heteroatoms. The van der Waals surface area contributed by atoms with E-state index >= 15 is 0 Å². The van der Waals surface area contributed by atoms with Crippen molar-refractivity contribution in [3.05, 3.63) is 47.7 Å². The minimum atomic E-state index is -1.54. The Morgan fingerprint density at radius 1 is 0.621 bits per heavy atom. The lowest BCUT2D eigenvalue weighted by Gasteiger charge is -2.31. The Bertz CT molecular complexity index is 2550. The monoisotopic (exact) mass is 1220 g/mol. The largest absolute Gasteiger partial charge is 0.396 e. The number of nitrogens with two attached hydrogens (primary N) is 1. The second-order valence-corrected chi connectivity index (χ2v) is 23.8. The molecule has 12 atom stereocenters. The van der Waals surface area contributed by atoms with Gasteiger partial charge in [0, 0.05) is 44.9 Å². The summed E-state index contributed by atoms with van der Waals surface area (Å²) in [5.74, 6) is -11.1. The molecule has 14 N–H and O–H groups in total. The van der Waals surface area contributed by atoms with E-state index in [0.717, 1.165) is 17.7 Å². The molecule has 12 unspecified atom stereocenters. The highest BCUT2D eigenvalue weighted by molar-refractivity contribution is 6.03. The van der Waals surface area contributed by atoms with Crippen molar-refractivity contribution < 1.29 is 67.7 Å². The topological polar surface area (TPSA) is 395 Å². The molecule has 486 valence electrons. The number of carbonyl (C=O) groups is 12. The van der Waals surface area contributed by atoms with Crippen LogP contribution in [0.5, 0.6) is 0 Å². The van der Waals surface area contributed by atoms with Crippen molar-refractivity contribution in [1.82, 2.24) is 58.1 Å². The van der Waals surface area contributed by atoms with Crippen molar-refractivity contribution in [2.75, 3.05) is 19.7 Å².